The van der Waals surface area contributed by atoms with Crippen LogP contribution in [0.25, 0.3) is 0 Å². The summed E-state index contributed by atoms with van der Waals surface area (Å²) in [5, 5.41) is 14.3. The molecule has 6 heteroatoms. The van der Waals surface area contributed by atoms with Crippen LogP contribution in [0.3, 0.4) is 0 Å². The maximum atomic E-state index is 11.9. The molecule has 2 amide bonds. The van der Waals surface area contributed by atoms with Crippen molar-refractivity contribution in [2.45, 2.75) is 26.2 Å². The largest absolute Gasteiger partial charge is 0.376 e. The first-order chi connectivity index (χ1) is 10.6. The molecule has 0 saturated heterocycles. The minimum absolute atomic E-state index is 0.0213. The van der Waals surface area contributed by atoms with Crippen molar-refractivity contribution in [3.05, 3.63) is 24.3 Å². The number of amides is 2. The van der Waals surface area contributed by atoms with Gasteiger partial charge in [-0.25, -0.2) is 0 Å². The Hall–Kier alpha value is -2.55. The summed E-state index contributed by atoms with van der Waals surface area (Å²) in [6.45, 7) is 2.52. The van der Waals surface area contributed by atoms with Crippen LogP contribution in [0.15, 0.2) is 24.3 Å². The van der Waals surface area contributed by atoms with Gasteiger partial charge in [-0.2, -0.15) is 5.26 Å². The van der Waals surface area contributed by atoms with E-state index in [9.17, 15) is 9.59 Å². The molecule has 2 N–H and O–H groups in total. The smallest absolute Gasteiger partial charge is 0.241 e. The number of rotatable bonds is 8. The molecule has 0 aromatic heterocycles. The van der Waals surface area contributed by atoms with Gasteiger partial charge in [-0.1, -0.05) is 13.0 Å². The fraction of sp³-hybridized carbons (Fsp3) is 0.438. The second-order valence-electron chi connectivity index (χ2n) is 4.96. The fourth-order valence-electron chi connectivity index (χ4n) is 1.81. The van der Waals surface area contributed by atoms with E-state index in [0.29, 0.717) is 25.1 Å². The minimum Gasteiger partial charge on any atom is -0.376 e. The first-order valence-electron chi connectivity index (χ1n) is 7.31. The highest BCUT2D eigenvalue weighted by molar-refractivity contribution is 5.91. The van der Waals surface area contributed by atoms with Crippen molar-refractivity contribution in [2.24, 2.45) is 0 Å². The number of nitriles is 1. The molecule has 0 unspecified atom stereocenters. The Bertz CT molecular complexity index is 551. The molecule has 1 rings (SSSR count). The van der Waals surface area contributed by atoms with E-state index < -0.39 is 0 Å². The van der Waals surface area contributed by atoms with E-state index in [2.05, 4.69) is 10.6 Å². The Morgan fingerprint density at radius 1 is 1.32 bits per heavy atom. The predicted molar refractivity (Wildman–Crippen MR) is 86.3 cm³/mol. The van der Waals surface area contributed by atoms with Crippen LogP contribution in [0.5, 0.6) is 0 Å². The van der Waals surface area contributed by atoms with Crippen molar-refractivity contribution in [3.8, 4) is 6.07 Å². The molecular formula is C16H22N4O2. The first kappa shape index (κ1) is 17.5. The summed E-state index contributed by atoms with van der Waals surface area (Å²) >= 11 is 0. The number of nitrogens with zero attached hydrogens (tertiary/aromatic N) is 2. The highest BCUT2D eigenvalue weighted by Gasteiger charge is 2.08. The number of benzene rings is 1. The van der Waals surface area contributed by atoms with Crippen LogP contribution in [-0.2, 0) is 9.59 Å². The number of anilines is 2. The van der Waals surface area contributed by atoms with Gasteiger partial charge in [-0.15, -0.1) is 0 Å². The zero-order valence-electron chi connectivity index (χ0n) is 13.1. The fourth-order valence-corrected chi connectivity index (χ4v) is 1.81. The summed E-state index contributed by atoms with van der Waals surface area (Å²) in [4.78, 5) is 24.9. The van der Waals surface area contributed by atoms with Gasteiger partial charge in [-0.05, 0) is 24.6 Å². The van der Waals surface area contributed by atoms with Crippen molar-refractivity contribution in [3.63, 3.8) is 0 Å². The van der Waals surface area contributed by atoms with Gasteiger partial charge in [0.2, 0.25) is 11.8 Å². The molecule has 0 fully saturated rings. The van der Waals surface area contributed by atoms with Gasteiger partial charge in [-0.3, -0.25) is 9.59 Å². The maximum Gasteiger partial charge on any atom is 0.241 e. The Morgan fingerprint density at radius 2 is 2.05 bits per heavy atom. The molecular weight excluding hydrogens is 280 g/mol. The van der Waals surface area contributed by atoms with Gasteiger partial charge < -0.3 is 15.5 Å². The number of carbonyl (C=O) groups excluding carboxylic acids is 2. The summed E-state index contributed by atoms with van der Waals surface area (Å²) in [7, 11) is 1.67. The average molecular weight is 302 g/mol. The predicted octanol–water partition coefficient (Wildman–Crippen LogP) is 2.21. The van der Waals surface area contributed by atoms with Gasteiger partial charge in [0.05, 0.1) is 19.0 Å². The van der Waals surface area contributed by atoms with Crippen LogP contribution in [0.1, 0.15) is 26.2 Å². The van der Waals surface area contributed by atoms with E-state index in [4.69, 9.17) is 5.26 Å². The normalized spacial score (nSPS) is 9.68. The van der Waals surface area contributed by atoms with E-state index in [1.807, 2.05) is 25.1 Å². The minimum atomic E-state index is -0.0873. The van der Waals surface area contributed by atoms with Gasteiger partial charge in [0.1, 0.15) is 0 Å². The topological polar surface area (TPSA) is 85.2 Å². The lowest BCUT2D eigenvalue weighted by atomic mass is 10.2. The number of hydrogen-bond donors (Lipinski definition) is 2. The summed E-state index contributed by atoms with van der Waals surface area (Å²) in [5.74, 6) is -0.109. The van der Waals surface area contributed by atoms with Gasteiger partial charge in [0, 0.05) is 31.4 Å². The third kappa shape index (κ3) is 6.27. The van der Waals surface area contributed by atoms with Crippen LogP contribution in [0.2, 0.25) is 0 Å². The molecule has 1 aromatic carbocycles. The van der Waals surface area contributed by atoms with Gasteiger partial charge in [0.15, 0.2) is 0 Å². The van der Waals surface area contributed by atoms with E-state index in [-0.39, 0.29) is 18.4 Å². The number of carbonyl (C=O) groups is 2. The van der Waals surface area contributed by atoms with Crippen LogP contribution in [0, 0.1) is 11.3 Å². The van der Waals surface area contributed by atoms with Crippen LogP contribution >= 0.6 is 0 Å². The molecule has 0 aliphatic carbocycles. The third-order valence-electron chi connectivity index (χ3n) is 3.05. The lowest BCUT2D eigenvalue weighted by Crippen LogP contribution is -2.32. The molecule has 0 aliphatic rings. The molecule has 22 heavy (non-hydrogen) atoms. The molecule has 0 radical (unpaired) electrons. The summed E-state index contributed by atoms with van der Waals surface area (Å²) < 4.78 is 0. The standard InChI is InChI=1S/C16H22N4O2/c1-3-6-15(21)19-14-8-4-7-13(11-14)18-12-16(22)20(2)10-5-9-17/h4,7-8,11,18H,3,5-6,10,12H2,1-2H3,(H,19,21). The quantitative estimate of drug-likeness (QED) is 0.771. The summed E-state index contributed by atoms with van der Waals surface area (Å²) in [6, 6.07) is 9.25. The molecule has 0 aliphatic heterocycles. The highest BCUT2D eigenvalue weighted by Crippen LogP contribution is 2.15. The van der Waals surface area contributed by atoms with Crippen LogP contribution < -0.4 is 10.6 Å². The number of hydrogen-bond acceptors (Lipinski definition) is 4. The van der Waals surface area contributed by atoms with Crippen LogP contribution in [-0.4, -0.2) is 36.9 Å². The van der Waals surface area contributed by atoms with Crippen molar-refractivity contribution >= 4 is 23.2 Å². The van der Waals surface area contributed by atoms with E-state index in [0.717, 1.165) is 12.1 Å². The monoisotopic (exact) mass is 302 g/mol. The second kappa shape index (κ2) is 9.40. The molecule has 0 spiro atoms. The second-order valence-corrected chi connectivity index (χ2v) is 4.96. The van der Waals surface area contributed by atoms with E-state index in [1.165, 1.54) is 4.90 Å². The lowest BCUT2D eigenvalue weighted by molar-refractivity contribution is -0.128. The summed E-state index contributed by atoms with van der Waals surface area (Å²) in [6.07, 6.45) is 1.61. The lowest BCUT2D eigenvalue weighted by Gasteiger charge is -2.16. The van der Waals surface area contributed by atoms with Gasteiger partial charge >= 0.3 is 0 Å². The molecule has 118 valence electrons. The molecule has 0 bridgehead atoms. The maximum absolute atomic E-state index is 11.9. The SMILES string of the molecule is CCCC(=O)Nc1cccc(NCC(=O)N(C)CCC#N)c1. The van der Waals surface area contributed by atoms with Crippen molar-refractivity contribution < 1.29 is 9.59 Å². The van der Waals surface area contributed by atoms with Crippen molar-refractivity contribution in [1.29, 1.82) is 5.26 Å². The van der Waals surface area contributed by atoms with Gasteiger partial charge in [0.25, 0.3) is 0 Å². The zero-order valence-corrected chi connectivity index (χ0v) is 13.1. The summed E-state index contributed by atoms with van der Waals surface area (Å²) in [5.41, 5.74) is 1.46. The molecule has 0 saturated carbocycles. The highest BCUT2D eigenvalue weighted by atomic mass is 16.2. The van der Waals surface area contributed by atoms with Crippen molar-refractivity contribution in [2.75, 3.05) is 30.8 Å². The molecule has 0 heterocycles. The Morgan fingerprint density at radius 3 is 2.73 bits per heavy atom. The van der Waals surface area contributed by atoms with E-state index in [1.54, 1.807) is 19.2 Å². The van der Waals surface area contributed by atoms with Crippen LogP contribution in [0.4, 0.5) is 11.4 Å². The number of nitrogens with one attached hydrogen (secondary N) is 2. The first-order valence-corrected chi connectivity index (χ1v) is 7.31. The third-order valence-corrected chi connectivity index (χ3v) is 3.05. The molecule has 1 aromatic rings. The Kier molecular flexibility index (Phi) is 7.48. The Balaban J connectivity index is 2.51. The Labute approximate surface area is 131 Å². The van der Waals surface area contributed by atoms with E-state index >= 15 is 0 Å². The zero-order chi connectivity index (χ0) is 16.4. The van der Waals surface area contributed by atoms with Crippen molar-refractivity contribution in [1.82, 2.24) is 4.90 Å². The number of likely N-dealkylation sites (N-methyl/N-ethyl adjacent to an activating group) is 1. The molecule has 0 atom stereocenters. The average Bonchev–Trinajstić information content (AvgIpc) is 2.50. The molecule has 6 nitrogen and oxygen atoms in total.